The fourth-order valence-corrected chi connectivity index (χ4v) is 2.45. The topological polar surface area (TPSA) is 9.23 Å². The Morgan fingerprint density at radius 3 is 2.62 bits per heavy atom. The second kappa shape index (κ2) is 2.76. The van der Waals surface area contributed by atoms with E-state index in [4.69, 9.17) is 4.74 Å². The second-order valence-corrected chi connectivity index (χ2v) is 4.09. The lowest BCUT2D eigenvalue weighted by molar-refractivity contribution is 0.276. The number of benzene rings is 1. The first kappa shape index (κ1) is 8.61. The van der Waals surface area contributed by atoms with E-state index in [0.29, 0.717) is 5.92 Å². The van der Waals surface area contributed by atoms with Gasteiger partial charge in [0.05, 0.1) is 6.61 Å². The molecule has 0 N–H and O–H groups in total. The predicted octanol–water partition coefficient (Wildman–Crippen LogP) is 3.11. The maximum Gasteiger partial charge on any atom is 0.125 e. The first-order valence-corrected chi connectivity index (χ1v) is 4.84. The summed E-state index contributed by atoms with van der Waals surface area (Å²) in [7, 11) is 0. The summed E-state index contributed by atoms with van der Waals surface area (Å²) < 4.78 is 5.71. The van der Waals surface area contributed by atoms with Gasteiger partial charge in [-0.2, -0.15) is 0 Å². The van der Waals surface area contributed by atoms with Gasteiger partial charge in [-0.25, -0.2) is 0 Å². The zero-order valence-corrected chi connectivity index (χ0v) is 8.77. The maximum atomic E-state index is 5.71. The molecule has 13 heavy (non-hydrogen) atoms. The molecule has 70 valence electrons. The van der Waals surface area contributed by atoms with Crippen molar-refractivity contribution in [1.29, 1.82) is 0 Å². The Balaban J connectivity index is 2.72. The van der Waals surface area contributed by atoms with E-state index in [2.05, 4.69) is 33.8 Å². The highest BCUT2D eigenvalue weighted by Gasteiger charge is 2.22. The van der Waals surface area contributed by atoms with E-state index in [0.717, 1.165) is 12.4 Å². The Bertz CT molecular complexity index is 353. The van der Waals surface area contributed by atoms with Gasteiger partial charge >= 0.3 is 0 Å². The molecule has 0 saturated heterocycles. The van der Waals surface area contributed by atoms with Crippen LogP contribution < -0.4 is 4.74 Å². The van der Waals surface area contributed by atoms with Crippen molar-refractivity contribution in [3.05, 3.63) is 28.3 Å². The molecule has 1 aromatic rings. The second-order valence-electron chi connectivity index (χ2n) is 4.09. The van der Waals surface area contributed by atoms with E-state index in [-0.39, 0.29) is 0 Å². The molecule has 0 spiro atoms. The van der Waals surface area contributed by atoms with Crippen molar-refractivity contribution in [3.63, 3.8) is 0 Å². The Kier molecular flexibility index (Phi) is 1.83. The first-order chi connectivity index (χ1) is 6.11. The zero-order valence-electron chi connectivity index (χ0n) is 8.77. The molecule has 1 aliphatic rings. The summed E-state index contributed by atoms with van der Waals surface area (Å²) in [6.07, 6.45) is 0. The van der Waals surface area contributed by atoms with Gasteiger partial charge in [-0.05, 0) is 43.0 Å². The fourth-order valence-electron chi connectivity index (χ4n) is 2.45. The number of hydrogen-bond donors (Lipinski definition) is 0. The highest BCUT2D eigenvalue weighted by atomic mass is 16.5. The van der Waals surface area contributed by atoms with Crippen LogP contribution in [0.2, 0.25) is 0 Å². The molecule has 1 aliphatic heterocycles. The molecular weight excluding hydrogens is 160 g/mol. The summed E-state index contributed by atoms with van der Waals surface area (Å²) in [6, 6.07) is 2.23. The van der Waals surface area contributed by atoms with Crippen molar-refractivity contribution in [3.8, 4) is 5.75 Å². The smallest absolute Gasteiger partial charge is 0.125 e. The lowest BCUT2D eigenvalue weighted by atomic mass is 9.88. The Morgan fingerprint density at radius 2 is 1.92 bits per heavy atom. The number of ether oxygens (including phenoxy) is 1. The molecule has 1 heteroatoms. The van der Waals surface area contributed by atoms with E-state index >= 15 is 0 Å². The van der Waals surface area contributed by atoms with Crippen LogP contribution in [0.4, 0.5) is 0 Å². The molecule has 0 aromatic heterocycles. The van der Waals surface area contributed by atoms with E-state index in [9.17, 15) is 0 Å². The van der Waals surface area contributed by atoms with Crippen LogP contribution in [0.5, 0.6) is 5.75 Å². The third-order valence-corrected chi connectivity index (χ3v) is 2.93. The minimum Gasteiger partial charge on any atom is -0.492 e. The lowest BCUT2D eigenvalue weighted by Crippen LogP contribution is -2.17. The van der Waals surface area contributed by atoms with E-state index in [1.807, 2.05) is 0 Å². The molecule has 0 fully saturated rings. The molecule has 1 heterocycles. The highest BCUT2D eigenvalue weighted by Crippen LogP contribution is 2.37. The van der Waals surface area contributed by atoms with Gasteiger partial charge in [0.2, 0.25) is 0 Å². The molecule has 2 bridgehead atoms. The highest BCUT2D eigenvalue weighted by molar-refractivity contribution is 5.52. The number of fused-ring (bicyclic) bond motifs is 2. The zero-order chi connectivity index (χ0) is 9.59. The molecule has 0 saturated carbocycles. The lowest BCUT2D eigenvalue weighted by Gasteiger charge is -2.27. The number of rotatable bonds is 0. The van der Waals surface area contributed by atoms with Gasteiger partial charge in [-0.3, -0.25) is 0 Å². The van der Waals surface area contributed by atoms with Gasteiger partial charge < -0.3 is 4.74 Å². The van der Waals surface area contributed by atoms with E-state index < -0.39 is 0 Å². The van der Waals surface area contributed by atoms with Gasteiger partial charge in [0.25, 0.3) is 0 Å². The van der Waals surface area contributed by atoms with Crippen molar-refractivity contribution in [1.82, 2.24) is 0 Å². The van der Waals surface area contributed by atoms with Crippen LogP contribution in [-0.4, -0.2) is 6.61 Å². The quantitative estimate of drug-likeness (QED) is 0.590. The molecule has 2 rings (SSSR count). The minimum atomic E-state index is 0.549. The van der Waals surface area contributed by atoms with Crippen LogP contribution in [0, 0.1) is 20.8 Å². The Hall–Kier alpha value is -0.980. The van der Waals surface area contributed by atoms with Crippen LogP contribution in [0.3, 0.4) is 0 Å². The third-order valence-electron chi connectivity index (χ3n) is 2.93. The van der Waals surface area contributed by atoms with Crippen molar-refractivity contribution in [2.24, 2.45) is 0 Å². The number of aryl methyl sites for hydroxylation is 2. The van der Waals surface area contributed by atoms with Crippen LogP contribution in [-0.2, 0) is 0 Å². The van der Waals surface area contributed by atoms with Crippen molar-refractivity contribution >= 4 is 0 Å². The largest absolute Gasteiger partial charge is 0.492 e. The molecule has 0 amide bonds. The molecule has 1 unspecified atom stereocenters. The standard InChI is InChI=1S/C12H16O/c1-7-5-8(2)12-10(4)11(7)9(3)6-13-12/h5,9H,6H2,1-4H3. The van der Waals surface area contributed by atoms with Gasteiger partial charge in [-0.15, -0.1) is 0 Å². The van der Waals surface area contributed by atoms with Gasteiger partial charge in [0.1, 0.15) is 5.75 Å². The molecule has 0 aliphatic carbocycles. The molecule has 0 radical (unpaired) electrons. The third kappa shape index (κ3) is 1.14. The predicted molar refractivity (Wildman–Crippen MR) is 54.6 cm³/mol. The average Bonchev–Trinajstić information content (AvgIpc) is 2.01. The molecule has 1 nitrogen and oxygen atoms in total. The summed E-state index contributed by atoms with van der Waals surface area (Å²) in [5.41, 5.74) is 5.52. The van der Waals surface area contributed by atoms with Gasteiger partial charge in [-0.1, -0.05) is 13.0 Å². The first-order valence-electron chi connectivity index (χ1n) is 4.84. The van der Waals surface area contributed by atoms with E-state index in [1.54, 1.807) is 0 Å². The molecule has 1 aromatic carbocycles. The fraction of sp³-hybridized carbons (Fsp3) is 0.500. The summed E-state index contributed by atoms with van der Waals surface area (Å²) in [5.74, 6) is 1.66. The van der Waals surface area contributed by atoms with Crippen molar-refractivity contribution in [2.45, 2.75) is 33.6 Å². The number of hydrogen-bond acceptors (Lipinski definition) is 1. The molecule has 1 atom stereocenters. The summed E-state index contributed by atoms with van der Waals surface area (Å²) in [6.45, 7) is 9.55. The summed E-state index contributed by atoms with van der Waals surface area (Å²) in [5, 5.41) is 0. The normalized spacial score (nSPS) is 19.8. The van der Waals surface area contributed by atoms with Crippen LogP contribution in [0.25, 0.3) is 0 Å². The monoisotopic (exact) mass is 176 g/mol. The Labute approximate surface area is 79.7 Å². The van der Waals surface area contributed by atoms with Crippen LogP contribution >= 0.6 is 0 Å². The summed E-state index contributed by atoms with van der Waals surface area (Å²) in [4.78, 5) is 0. The maximum absolute atomic E-state index is 5.71. The minimum absolute atomic E-state index is 0.549. The van der Waals surface area contributed by atoms with Crippen molar-refractivity contribution in [2.75, 3.05) is 6.61 Å². The summed E-state index contributed by atoms with van der Waals surface area (Å²) >= 11 is 0. The van der Waals surface area contributed by atoms with Crippen LogP contribution in [0.1, 0.15) is 35.1 Å². The van der Waals surface area contributed by atoms with Crippen molar-refractivity contribution < 1.29 is 4.74 Å². The van der Waals surface area contributed by atoms with E-state index in [1.165, 1.54) is 22.3 Å². The van der Waals surface area contributed by atoms with Crippen LogP contribution in [0.15, 0.2) is 6.07 Å². The SMILES string of the molecule is Cc1cc(C)c2c(C)c1OCC2C. The average molecular weight is 176 g/mol. The Morgan fingerprint density at radius 1 is 1.23 bits per heavy atom. The van der Waals surface area contributed by atoms with Gasteiger partial charge in [0.15, 0.2) is 0 Å². The van der Waals surface area contributed by atoms with Gasteiger partial charge in [0, 0.05) is 5.92 Å². The molecular formula is C12H16O.